The molecule has 2 aliphatic rings. The van der Waals surface area contributed by atoms with Crippen molar-refractivity contribution >= 4 is 11.3 Å². The predicted octanol–water partition coefficient (Wildman–Crippen LogP) is 3.64. The molecule has 33 heavy (non-hydrogen) atoms. The summed E-state index contributed by atoms with van der Waals surface area (Å²) in [7, 11) is 0. The number of fused-ring (bicyclic) bond motifs is 1. The quantitative estimate of drug-likeness (QED) is 0.617. The van der Waals surface area contributed by atoms with Gasteiger partial charge in [0.25, 0.3) is 0 Å². The first-order chi connectivity index (χ1) is 16.2. The summed E-state index contributed by atoms with van der Waals surface area (Å²) in [5.41, 5.74) is 3.19. The maximum Gasteiger partial charge on any atom is 0.334 e. The Labute approximate surface area is 194 Å². The van der Waals surface area contributed by atoms with Crippen LogP contribution in [0.5, 0.6) is 5.75 Å². The van der Waals surface area contributed by atoms with Crippen molar-refractivity contribution in [2.45, 2.75) is 58.3 Å². The van der Waals surface area contributed by atoms with E-state index in [-0.39, 0.29) is 5.69 Å². The highest BCUT2D eigenvalue weighted by molar-refractivity contribution is 5.70. The van der Waals surface area contributed by atoms with Crippen molar-refractivity contribution in [1.29, 1.82) is 0 Å². The van der Waals surface area contributed by atoms with Gasteiger partial charge < -0.3 is 15.0 Å². The molecule has 0 bridgehead atoms. The van der Waals surface area contributed by atoms with Gasteiger partial charge in [-0.05, 0) is 51.8 Å². The van der Waals surface area contributed by atoms with Gasteiger partial charge in [0.1, 0.15) is 17.4 Å². The maximum atomic E-state index is 13.2. The molecular formula is C25H34N6O2. The zero-order valence-corrected chi connectivity index (χ0v) is 19.7. The molecule has 1 aliphatic heterocycles. The first-order valence-electron chi connectivity index (χ1n) is 12.4. The van der Waals surface area contributed by atoms with Crippen LogP contribution in [0.1, 0.15) is 62.9 Å². The van der Waals surface area contributed by atoms with Gasteiger partial charge in [0.05, 0.1) is 17.9 Å². The second kappa shape index (κ2) is 9.55. The molecule has 5 rings (SSSR count). The van der Waals surface area contributed by atoms with Crippen LogP contribution in [0, 0.1) is 6.92 Å². The number of aryl methyl sites for hydroxylation is 1. The molecule has 1 saturated carbocycles. The maximum absolute atomic E-state index is 13.2. The first kappa shape index (κ1) is 21.9. The molecule has 2 N–H and O–H groups in total. The number of imidazole rings is 1. The van der Waals surface area contributed by atoms with Gasteiger partial charge in [-0.2, -0.15) is 0 Å². The van der Waals surface area contributed by atoms with E-state index in [2.05, 4.69) is 27.3 Å². The molecule has 0 radical (unpaired) electrons. The van der Waals surface area contributed by atoms with E-state index in [0.29, 0.717) is 24.0 Å². The Morgan fingerprint density at radius 3 is 2.76 bits per heavy atom. The third kappa shape index (κ3) is 4.36. The van der Waals surface area contributed by atoms with E-state index in [1.807, 2.05) is 19.9 Å². The van der Waals surface area contributed by atoms with Gasteiger partial charge in [0.2, 0.25) is 0 Å². The van der Waals surface area contributed by atoms with Crippen LogP contribution in [0.2, 0.25) is 0 Å². The lowest BCUT2D eigenvalue weighted by Gasteiger charge is -2.23. The average Bonchev–Trinajstić information content (AvgIpc) is 3.00. The normalized spacial score (nSPS) is 17.9. The number of aromatic nitrogens is 4. The van der Waals surface area contributed by atoms with E-state index < -0.39 is 0 Å². The Balaban J connectivity index is 1.55. The number of ether oxygens (including phenoxy) is 1. The van der Waals surface area contributed by atoms with E-state index in [1.165, 1.54) is 19.3 Å². The summed E-state index contributed by atoms with van der Waals surface area (Å²) in [4.78, 5) is 28.3. The molecule has 3 aromatic rings. The van der Waals surface area contributed by atoms with Crippen LogP contribution in [-0.4, -0.2) is 52.1 Å². The van der Waals surface area contributed by atoms with Crippen molar-refractivity contribution in [2.75, 3.05) is 37.7 Å². The summed E-state index contributed by atoms with van der Waals surface area (Å²) < 4.78 is 7.70. The lowest BCUT2D eigenvalue weighted by Crippen LogP contribution is -2.27. The number of nitrogens with zero attached hydrogens (tertiary/aromatic N) is 4. The summed E-state index contributed by atoms with van der Waals surface area (Å²) in [6, 6.07) is 6.19. The monoisotopic (exact) mass is 450 g/mol. The fraction of sp³-hybridized carbons (Fsp3) is 0.560. The minimum absolute atomic E-state index is 0.179. The van der Waals surface area contributed by atoms with Crippen molar-refractivity contribution in [1.82, 2.24) is 24.7 Å². The van der Waals surface area contributed by atoms with Gasteiger partial charge in [-0.15, -0.1) is 0 Å². The molecule has 1 saturated heterocycles. The number of rotatable bonds is 5. The summed E-state index contributed by atoms with van der Waals surface area (Å²) in [6.45, 7) is 8.46. The Morgan fingerprint density at radius 2 is 1.94 bits per heavy atom. The molecular weight excluding hydrogens is 416 g/mol. The van der Waals surface area contributed by atoms with Crippen LogP contribution in [0.4, 0.5) is 5.69 Å². The minimum Gasteiger partial charge on any atom is -0.493 e. The zero-order chi connectivity index (χ0) is 22.8. The second-order valence-electron chi connectivity index (χ2n) is 9.14. The van der Waals surface area contributed by atoms with E-state index in [1.54, 1.807) is 4.40 Å². The van der Waals surface area contributed by atoms with Gasteiger partial charge in [0.15, 0.2) is 5.65 Å². The number of hydrogen-bond acceptors (Lipinski definition) is 6. The number of benzene rings is 1. The molecule has 3 heterocycles. The van der Waals surface area contributed by atoms with Crippen LogP contribution in [0.25, 0.3) is 17.0 Å². The molecule has 0 amide bonds. The summed E-state index contributed by atoms with van der Waals surface area (Å²) in [6.07, 6.45) is 6.94. The van der Waals surface area contributed by atoms with Crippen LogP contribution in [0.3, 0.4) is 0 Å². The number of aromatic amines is 1. The highest BCUT2D eigenvalue weighted by Crippen LogP contribution is 2.34. The molecule has 2 fully saturated rings. The van der Waals surface area contributed by atoms with Crippen molar-refractivity contribution in [2.24, 2.45) is 0 Å². The van der Waals surface area contributed by atoms with E-state index in [9.17, 15) is 4.79 Å². The van der Waals surface area contributed by atoms with Crippen LogP contribution in [-0.2, 0) is 0 Å². The fourth-order valence-corrected chi connectivity index (χ4v) is 5.21. The van der Waals surface area contributed by atoms with Crippen LogP contribution >= 0.6 is 0 Å². The molecule has 0 spiro atoms. The predicted molar refractivity (Wildman–Crippen MR) is 130 cm³/mol. The topological polar surface area (TPSA) is 87.5 Å². The van der Waals surface area contributed by atoms with E-state index in [0.717, 1.165) is 74.0 Å². The highest BCUT2D eigenvalue weighted by Gasteiger charge is 2.24. The Bertz CT molecular complexity index is 1170. The second-order valence-corrected chi connectivity index (χ2v) is 9.14. The average molecular weight is 451 g/mol. The van der Waals surface area contributed by atoms with Crippen LogP contribution in [0.15, 0.2) is 23.0 Å². The number of nitrogens with one attached hydrogen (secondary N) is 2. The lowest BCUT2D eigenvalue weighted by atomic mass is 9.89. The molecule has 1 aromatic carbocycles. The summed E-state index contributed by atoms with van der Waals surface area (Å²) in [5, 5.41) is 3.45. The largest absolute Gasteiger partial charge is 0.493 e. The van der Waals surface area contributed by atoms with Gasteiger partial charge in [-0.3, -0.25) is 4.98 Å². The zero-order valence-electron chi connectivity index (χ0n) is 19.7. The third-order valence-electron chi connectivity index (χ3n) is 6.89. The number of hydrogen-bond donors (Lipinski definition) is 2. The summed E-state index contributed by atoms with van der Waals surface area (Å²) >= 11 is 0. The smallest absolute Gasteiger partial charge is 0.334 e. The third-order valence-corrected chi connectivity index (χ3v) is 6.89. The molecule has 0 unspecified atom stereocenters. The van der Waals surface area contributed by atoms with Gasteiger partial charge >= 0.3 is 5.69 Å². The number of H-pyrrole nitrogens is 1. The lowest BCUT2D eigenvalue weighted by molar-refractivity contribution is 0.341. The van der Waals surface area contributed by atoms with Crippen molar-refractivity contribution < 1.29 is 4.74 Å². The molecule has 8 heteroatoms. The minimum atomic E-state index is -0.179. The SMILES string of the molecule is CCOc1cc(N2CCCNCC2)ccc1-c1nc2c(C)nc(C3CCCCC3)n2c(=O)[nH]1. The van der Waals surface area contributed by atoms with E-state index >= 15 is 0 Å². The Morgan fingerprint density at radius 1 is 1.09 bits per heavy atom. The standard InChI is InChI=1S/C25H34N6O2/c1-3-33-21-16-19(30-14-7-12-26-13-15-30)10-11-20(21)22-28-23-17(2)27-24(31(23)25(32)29-22)18-8-5-4-6-9-18/h10-11,16,18,26H,3-9,12-15H2,1-2H3,(H,28,29,32). The molecule has 1 aliphatic carbocycles. The van der Waals surface area contributed by atoms with Crippen LogP contribution < -0.4 is 20.6 Å². The van der Waals surface area contributed by atoms with Gasteiger partial charge in [-0.25, -0.2) is 19.2 Å². The first-order valence-corrected chi connectivity index (χ1v) is 12.4. The highest BCUT2D eigenvalue weighted by atomic mass is 16.5. The Hall–Kier alpha value is -2.87. The Kier molecular flexibility index (Phi) is 6.35. The summed E-state index contributed by atoms with van der Waals surface area (Å²) in [5.74, 6) is 2.45. The molecule has 176 valence electrons. The fourth-order valence-electron chi connectivity index (χ4n) is 5.21. The number of anilines is 1. The van der Waals surface area contributed by atoms with Gasteiger partial charge in [0, 0.05) is 37.3 Å². The van der Waals surface area contributed by atoms with Crippen molar-refractivity contribution in [3.8, 4) is 17.1 Å². The van der Waals surface area contributed by atoms with Gasteiger partial charge in [-0.1, -0.05) is 19.3 Å². The van der Waals surface area contributed by atoms with Crippen molar-refractivity contribution in [3.63, 3.8) is 0 Å². The molecule has 8 nitrogen and oxygen atoms in total. The molecule has 2 aromatic heterocycles. The van der Waals surface area contributed by atoms with Crippen molar-refractivity contribution in [3.05, 3.63) is 40.2 Å². The van der Waals surface area contributed by atoms with E-state index in [4.69, 9.17) is 14.7 Å². The molecule has 0 atom stereocenters.